The van der Waals surface area contributed by atoms with E-state index in [4.69, 9.17) is 4.74 Å². The van der Waals surface area contributed by atoms with Gasteiger partial charge in [-0.2, -0.15) is 0 Å². The van der Waals surface area contributed by atoms with Crippen LogP contribution in [0, 0.1) is 6.92 Å². The number of carbonyl (C=O) groups is 1. The molecule has 0 saturated carbocycles. The maximum atomic E-state index is 11.0. The fraction of sp³-hybridized carbons (Fsp3) is 0.235. The van der Waals surface area contributed by atoms with E-state index in [1.165, 1.54) is 0 Å². The van der Waals surface area contributed by atoms with Crippen LogP contribution in [-0.2, 0) is 5.60 Å². The SMILES string of the molecule is Cc1ccc(OCC(C)(O)c2ccccc2)c(C=O)c1. The van der Waals surface area contributed by atoms with Gasteiger partial charge in [0.25, 0.3) is 0 Å². The summed E-state index contributed by atoms with van der Waals surface area (Å²) in [4.78, 5) is 11.0. The summed E-state index contributed by atoms with van der Waals surface area (Å²) in [6.07, 6.45) is 0.763. The Morgan fingerprint density at radius 2 is 1.90 bits per heavy atom. The predicted octanol–water partition coefficient (Wildman–Crippen LogP) is 3.09. The summed E-state index contributed by atoms with van der Waals surface area (Å²) in [6, 6.07) is 14.7. The first-order valence-corrected chi connectivity index (χ1v) is 6.49. The highest BCUT2D eigenvalue weighted by Crippen LogP contribution is 2.24. The lowest BCUT2D eigenvalue weighted by Gasteiger charge is -2.24. The molecule has 0 bridgehead atoms. The Kier molecular flexibility index (Phi) is 4.20. The molecule has 3 heteroatoms. The summed E-state index contributed by atoms with van der Waals surface area (Å²) < 4.78 is 5.62. The second-order valence-corrected chi connectivity index (χ2v) is 5.09. The number of aryl methyl sites for hydroxylation is 1. The summed E-state index contributed by atoms with van der Waals surface area (Å²) in [5.74, 6) is 0.488. The van der Waals surface area contributed by atoms with Crippen molar-refractivity contribution in [2.45, 2.75) is 19.4 Å². The van der Waals surface area contributed by atoms with E-state index in [9.17, 15) is 9.90 Å². The number of benzene rings is 2. The van der Waals surface area contributed by atoms with E-state index < -0.39 is 5.60 Å². The number of hydrogen-bond acceptors (Lipinski definition) is 3. The van der Waals surface area contributed by atoms with Gasteiger partial charge in [0.2, 0.25) is 0 Å². The van der Waals surface area contributed by atoms with Gasteiger partial charge in [-0.05, 0) is 31.5 Å². The van der Waals surface area contributed by atoms with Crippen LogP contribution in [0.25, 0.3) is 0 Å². The molecule has 0 radical (unpaired) electrons. The number of rotatable bonds is 5. The molecule has 2 aromatic rings. The van der Waals surface area contributed by atoms with Crippen LogP contribution in [0.4, 0.5) is 0 Å². The lowest BCUT2D eigenvalue weighted by atomic mass is 9.97. The van der Waals surface area contributed by atoms with Gasteiger partial charge in [-0.3, -0.25) is 4.79 Å². The van der Waals surface area contributed by atoms with Gasteiger partial charge in [0.15, 0.2) is 6.29 Å². The molecule has 0 amide bonds. The van der Waals surface area contributed by atoms with Crippen molar-refractivity contribution in [3.63, 3.8) is 0 Å². The molecule has 0 aliphatic rings. The summed E-state index contributed by atoms with van der Waals surface area (Å²) in [6.45, 7) is 3.69. The van der Waals surface area contributed by atoms with Crippen molar-refractivity contribution in [2.24, 2.45) is 0 Å². The highest BCUT2D eigenvalue weighted by molar-refractivity contribution is 5.79. The van der Waals surface area contributed by atoms with E-state index in [2.05, 4.69) is 0 Å². The predicted molar refractivity (Wildman–Crippen MR) is 78.1 cm³/mol. The molecule has 1 N–H and O–H groups in total. The van der Waals surface area contributed by atoms with E-state index in [1.54, 1.807) is 19.1 Å². The normalized spacial score (nSPS) is 13.6. The third-order valence-corrected chi connectivity index (χ3v) is 3.20. The molecule has 2 rings (SSSR count). The first-order valence-electron chi connectivity index (χ1n) is 6.49. The van der Waals surface area contributed by atoms with Crippen LogP contribution in [0.5, 0.6) is 5.75 Å². The van der Waals surface area contributed by atoms with Gasteiger partial charge >= 0.3 is 0 Å². The van der Waals surface area contributed by atoms with Gasteiger partial charge in [0, 0.05) is 0 Å². The summed E-state index contributed by atoms with van der Waals surface area (Å²) >= 11 is 0. The molecule has 0 aliphatic heterocycles. The Labute approximate surface area is 118 Å². The standard InChI is InChI=1S/C17H18O3/c1-13-8-9-16(14(10-13)11-18)20-12-17(2,19)15-6-4-3-5-7-15/h3-11,19H,12H2,1-2H3. The van der Waals surface area contributed by atoms with Crippen molar-refractivity contribution in [1.82, 2.24) is 0 Å². The highest BCUT2D eigenvalue weighted by atomic mass is 16.5. The first kappa shape index (κ1) is 14.3. The zero-order valence-corrected chi connectivity index (χ0v) is 11.7. The number of ether oxygens (including phenoxy) is 1. The van der Waals surface area contributed by atoms with Crippen LogP contribution in [0.15, 0.2) is 48.5 Å². The van der Waals surface area contributed by atoms with Crippen LogP contribution in [0.1, 0.15) is 28.4 Å². The van der Waals surface area contributed by atoms with Crippen molar-refractivity contribution in [3.8, 4) is 5.75 Å². The molecular formula is C17H18O3. The Hall–Kier alpha value is -2.13. The molecule has 1 unspecified atom stereocenters. The molecule has 0 fully saturated rings. The molecule has 0 saturated heterocycles. The molecule has 0 heterocycles. The van der Waals surface area contributed by atoms with Gasteiger partial charge in [-0.1, -0.05) is 42.0 Å². The van der Waals surface area contributed by atoms with Gasteiger partial charge in [0.1, 0.15) is 18.0 Å². The quantitative estimate of drug-likeness (QED) is 0.849. The lowest BCUT2D eigenvalue weighted by molar-refractivity contribution is 0.00739. The van der Waals surface area contributed by atoms with Crippen molar-refractivity contribution < 1.29 is 14.6 Å². The largest absolute Gasteiger partial charge is 0.489 e. The minimum absolute atomic E-state index is 0.0842. The van der Waals surface area contributed by atoms with E-state index in [0.717, 1.165) is 17.4 Å². The number of aldehydes is 1. The topological polar surface area (TPSA) is 46.5 Å². The van der Waals surface area contributed by atoms with Crippen LogP contribution in [0.3, 0.4) is 0 Å². The maximum absolute atomic E-state index is 11.0. The fourth-order valence-corrected chi connectivity index (χ4v) is 1.99. The minimum Gasteiger partial charge on any atom is -0.489 e. The van der Waals surface area contributed by atoms with Gasteiger partial charge in [-0.25, -0.2) is 0 Å². The number of aliphatic hydroxyl groups is 1. The van der Waals surface area contributed by atoms with Crippen LogP contribution in [-0.4, -0.2) is 18.0 Å². The second kappa shape index (κ2) is 5.88. The number of carbonyl (C=O) groups excluding carboxylic acids is 1. The van der Waals surface area contributed by atoms with Crippen molar-refractivity contribution in [3.05, 3.63) is 65.2 Å². The van der Waals surface area contributed by atoms with Crippen molar-refractivity contribution >= 4 is 6.29 Å². The van der Waals surface area contributed by atoms with E-state index in [0.29, 0.717) is 11.3 Å². The summed E-state index contributed by atoms with van der Waals surface area (Å²) in [5.41, 5.74) is 1.16. The number of hydrogen-bond donors (Lipinski definition) is 1. The average Bonchev–Trinajstić information content (AvgIpc) is 2.46. The van der Waals surface area contributed by atoms with Gasteiger partial charge in [-0.15, -0.1) is 0 Å². The molecular weight excluding hydrogens is 252 g/mol. The average molecular weight is 270 g/mol. The minimum atomic E-state index is -1.10. The van der Waals surface area contributed by atoms with E-state index >= 15 is 0 Å². The van der Waals surface area contributed by atoms with Crippen LogP contribution < -0.4 is 4.74 Å². The molecule has 20 heavy (non-hydrogen) atoms. The van der Waals surface area contributed by atoms with Crippen molar-refractivity contribution in [1.29, 1.82) is 0 Å². The van der Waals surface area contributed by atoms with Gasteiger partial charge in [0.05, 0.1) is 5.56 Å². The molecule has 0 aliphatic carbocycles. The van der Waals surface area contributed by atoms with Crippen LogP contribution >= 0.6 is 0 Å². The maximum Gasteiger partial charge on any atom is 0.153 e. The zero-order valence-electron chi connectivity index (χ0n) is 11.7. The zero-order chi connectivity index (χ0) is 14.6. The second-order valence-electron chi connectivity index (χ2n) is 5.09. The molecule has 0 aromatic heterocycles. The first-order chi connectivity index (χ1) is 9.53. The van der Waals surface area contributed by atoms with Gasteiger partial charge < -0.3 is 9.84 Å². The highest BCUT2D eigenvalue weighted by Gasteiger charge is 2.24. The van der Waals surface area contributed by atoms with Crippen molar-refractivity contribution in [2.75, 3.05) is 6.61 Å². The monoisotopic (exact) mass is 270 g/mol. The fourth-order valence-electron chi connectivity index (χ4n) is 1.99. The molecule has 1 atom stereocenters. The smallest absolute Gasteiger partial charge is 0.153 e. The summed E-state index contributed by atoms with van der Waals surface area (Å²) in [7, 11) is 0. The van der Waals surface area contributed by atoms with E-state index in [1.807, 2.05) is 43.3 Å². The molecule has 3 nitrogen and oxygen atoms in total. The lowest BCUT2D eigenvalue weighted by Crippen LogP contribution is -2.29. The van der Waals surface area contributed by atoms with Crippen LogP contribution in [0.2, 0.25) is 0 Å². The molecule has 2 aromatic carbocycles. The Morgan fingerprint density at radius 1 is 1.20 bits per heavy atom. The summed E-state index contributed by atoms with van der Waals surface area (Å²) in [5, 5.41) is 10.5. The third kappa shape index (κ3) is 3.25. The third-order valence-electron chi connectivity index (χ3n) is 3.20. The molecule has 104 valence electrons. The Morgan fingerprint density at radius 3 is 2.55 bits per heavy atom. The Bertz CT molecular complexity index is 588. The van der Waals surface area contributed by atoms with E-state index in [-0.39, 0.29) is 6.61 Å². The Balaban J connectivity index is 2.14. The molecule has 0 spiro atoms.